The number of nitrogens with zero attached hydrogens (tertiary/aromatic N) is 1. The molecule has 66 valence electrons. The minimum atomic E-state index is 0.397. The normalized spacial score (nSPS) is 25.4. The van der Waals surface area contributed by atoms with Crippen LogP contribution < -0.4 is 5.73 Å². The van der Waals surface area contributed by atoms with Crippen LogP contribution in [0.2, 0.25) is 0 Å². The van der Waals surface area contributed by atoms with Gasteiger partial charge in [0.05, 0.1) is 0 Å². The zero-order valence-electron chi connectivity index (χ0n) is 7.71. The van der Waals surface area contributed by atoms with Gasteiger partial charge in [-0.25, -0.2) is 0 Å². The second-order valence-corrected chi connectivity index (χ2v) is 3.63. The lowest BCUT2D eigenvalue weighted by Gasteiger charge is -2.32. The van der Waals surface area contributed by atoms with E-state index in [9.17, 15) is 0 Å². The van der Waals surface area contributed by atoms with Crippen LogP contribution in [0.15, 0.2) is 0 Å². The number of piperidine rings is 1. The monoisotopic (exact) mass is 156 g/mol. The molecule has 11 heavy (non-hydrogen) atoms. The van der Waals surface area contributed by atoms with E-state index in [-0.39, 0.29) is 0 Å². The topological polar surface area (TPSA) is 29.3 Å². The van der Waals surface area contributed by atoms with Crippen LogP contribution >= 0.6 is 0 Å². The molecule has 1 fully saturated rings. The van der Waals surface area contributed by atoms with Crippen molar-refractivity contribution < 1.29 is 0 Å². The maximum atomic E-state index is 5.84. The van der Waals surface area contributed by atoms with Gasteiger partial charge in [-0.15, -0.1) is 0 Å². The Hall–Kier alpha value is -0.0800. The maximum Gasteiger partial charge on any atom is 0.00397 e. The summed E-state index contributed by atoms with van der Waals surface area (Å²) in [7, 11) is 0. The largest absolute Gasteiger partial charge is 0.328 e. The standard InChI is InChI=1S/C9H20N2/c1-3-11-6-4-9(5-7-11)8(2)10/h8-9H,3-7,10H2,1-2H3/t8-/m0/s1. The minimum absolute atomic E-state index is 0.397. The molecule has 0 unspecified atom stereocenters. The Kier molecular flexibility index (Phi) is 3.34. The lowest BCUT2D eigenvalue weighted by molar-refractivity contribution is 0.179. The molecule has 0 aromatic heterocycles. The molecule has 0 saturated carbocycles. The SMILES string of the molecule is CCN1CCC([C@H](C)N)CC1. The number of nitrogens with two attached hydrogens (primary N) is 1. The first-order valence-corrected chi connectivity index (χ1v) is 4.72. The maximum absolute atomic E-state index is 5.84. The molecule has 1 saturated heterocycles. The summed E-state index contributed by atoms with van der Waals surface area (Å²) in [6.07, 6.45) is 2.59. The summed E-state index contributed by atoms with van der Waals surface area (Å²) in [5, 5.41) is 0. The fourth-order valence-electron chi connectivity index (χ4n) is 1.79. The molecule has 0 radical (unpaired) electrons. The van der Waals surface area contributed by atoms with Gasteiger partial charge >= 0.3 is 0 Å². The van der Waals surface area contributed by atoms with Gasteiger partial charge in [-0.1, -0.05) is 6.92 Å². The molecular weight excluding hydrogens is 136 g/mol. The first kappa shape index (κ1) is 9.01. The Morgan fingerprint density at radius 1 is 1.45 bits per heavy atom. The van der Waals surface area contributed by atoms with Crippen LogP contribution in [0.4, 0.5) is 0 Å². The zero-order valence-corrected chi connectivity index (χ0v) is 7.71. The van der Waals surface area contributed by atoms with E-state index in [0.29, 0.717) is 6.04 Å². The molecule has 0 aliphatic carbocycles. The fourth-order valence-corrected chi connectivity index (χ4v) is 1.79. The van der Waals surface area contributed by atoms with Gasteiger partial charge < -0.3 is 10.6 Å². The van der Waals surface area contributed by atoms with E-state index < -0.39 is 0 Å². The van der Waals surface area contributed by atoms with Crippen LogP contribution in [0, 0.1) is 5.92 Å². The summed E-state index contributed by atoms with van der Waals surface area (Å²) in [5.41, 5.74) is 5.84. The first-order valence-electron chi connectivity index (χ1n) is 4.72. The smallest absolute Gasteiger partial charge is 0.00397 e. The van der Waals surface area contributed by atoms with E-state index in [2.05, 4.69) is 18.7 Å². The third-order valence-electron chi connectivity index (χ3n) is 2.82. The number of hydrogen-bond donors (Lipinski definition) is 1. The zero-order chi connectivity index (χ0) is 8.27. The van der Waals surface area contributed by atoms with E-state index >= 15 is 0 Å². The summed E-state index contributed by atoms with van der Waals surface area (Å²) in [6, 6.07) is 0.397. The van der Waals surface area contributed by atoms with E-state index in [0.717, 1.165) is 5.92 Å². The Labute approximate surface area is 69.8 Å². The quantitative estimate of drug-likeness (QED) is 0.648. The Bertz CT molecular complexity index is 104. The molecule has 0 bridgehead atoms. The summed E-state index contributed by atoms with van der Waals surface area (Å²) in [6.45, 7) is 8.07. The van der Waals surface area contributed by atoms with Crippen molar-refractivity contribution in [1.29, 1.82) is 0 Å². The van der Waals surface area contributed by atoms with Gasteiger partial charge in [0.2, 0.25) is 0 Å². The van der Waals surface area contributed by atoms with E-state index in [1.807, 2.05) is 0 Å². The van der Waals surface area contributed by atoms with Crippen LogP contribution in [0.3, 0.4) is 0 Å². The molecule has 1 rings (SSSR count). The van der Waals surface area contributed by atoms with Crippen molar-refractivity contribution in [3.8, 4) is 0 Å². The van der Waals surface area contributed by atoms with E-state index in [1.165, 1.54) is 32.5 Å². The minimum Gasteiger partial charge on any atom is -0.328 e. The van der Waals surface area contributed by atoms with Gasteiger partial charge in [0.25, 0.3) is 0 Å². The Morgan fingerprint density at radius 3 is 2.36 bits per heavy atom. The molecule has 0 spiro atoms. The molecule has 1 aliphatic heterocycles. The molecule has 2 N–H and O–H groups in total. The van der Waals surface area contributed by atoms with Crippen molar-refractivity contribution >= 4 is 0 Å². The van der Waals surface area contributed by atoms with Crippen molar-refractivity contribution in [2.24, 2.45) is 11.7 Å². The van der Waals surface area contributed by atoms with Gasteiger partial charge in [-0.3, -0.25) is 0 Å². The molecule has 2 heteroatoms. The Morgan fingerprint density at radius 2 is 2.00 bits per heavy atom. The highest BCUT2D eigenvalue weighted by Crippen LogP contribution is 2.18. The second kappa shape index (κ2) is 4.07. The highest BCUT2D eigenvalue weighted by molar-refractivity contribution is 4.76. The number of hydrogen-bond acceptors (Lipinski definition) is 2. The molecule has 0 amide bonds. The van der Waals surface area contributed by atoms with Gasteiger partial charge in [-0.05, 0) is 45.3 Å². The molecule has 1 aliphatic rings. The van der Waals surface area contributed by atoms with Crippen molar-refractivity contribution in [1.82, 2.24) is 4.90 Å². The predicted molar refractivity (Wildman–Crippen MR) is 48.5 cm³/mol. The highest BCUT2D eigenvalue weighted by atomic mass is 15.1. The number of likely N-dealkylation sites (tertiary alicyclic amines) is 1. The highest BCUT2D eigenvalue weighted by Gasteiger charge is 2.20. The predicted octanol–water partition coefficient (Wildman–Crippen LogP) is 1.07. The van der Waals surface area contributed by atoms with Crippen LogP contribution in [-0.2, 0) is 0 Å². The van der Waals surface area contributed by atoms with Gasteiger partial charge in [0.15, 0.2) is 0 Å². The van der Waals surface area contributed by atoms with Crippen molar-refractivity contribution in [3.05, 3.63) is 0 Å². The number of rotatable bonds is 2. The molecular formula is C9H20N2. The van der Waals surface area contributed by atoms with Crippen molar-refractivity contribution in [3.63, 3.8) is 0 Å². The first-order chi connectivity index (χ1) is 5.24. The summed E-state index contributed by atoms with van der Waals surface area (Å²) in [4.78, 5) is 2.50. The molecule has 2 nitrogen and oxygen atoms in total. The van der Waals surface area contributed by atoms with Crippen LogP contribution in [0.5, 0.6) is 0 Å². The van der Waals surface area contributed by atoms with Crippen molar-refractivity contribution in [2.45, 2.75) is 32.7 Å². The van der Waals surface area contributed by atoms with Gasteiger partial charge in [0.1, 0.15) is 0 Å². The van der Waals surface area contributed by atoms with Crippen molar-refractivity contribution in [2.75, 3.05) is 19.6 Å². The van der Waals surface area contributed by atoms with Crippen LogP contribution in [0.1, 0.15) is 26.7 Å². The summed E-state index contributed by atoms with van der Waals surface area (Å²) >= 11 is 0. The third-order valence-corrected chi connectivity index (χ3v) is 2.82. The average molecular weight is 156 g/mol. The summed E-state index contributed by atoms with van der Waals surface area (Å²) in [5.74, 6) is 0.776. The average Bonchev–Trinajstić information content (AvgIpc) is 2.05. The van der Waals surface area contributed by atoms with E-state index in [4.69, 9.17) is 5.73 Å². The van der Waals surface area contributed by atoms with Crippen LogP contribution in [-0.4, -0.2) is 30.6 Å². The van der Waals surface area contributed by atoms with Gasteiger partial charge in [-0.2, -0.15) is 0 Å². The fraction of sp³-hybridized carbons (Fsp3) is 1.00. The summed E-state index contributed by atoms with van der Waals surface area (Å²) < 4.78 is 0. The Balaban J connectivity index is 2.24. The molecule has 1 atom stereocenters. The van der Waals surface area contributed by atoms with Crippen LogP contribution in [0.25, 0.3) is 0 Å². The molecule has 0 aromatic carbocycles. The lowest BCUT2D eigenvalue weighted by Crippen LogP contribution is -2.39. The lowest BCUT2D eigenvalue weighted by atomic mass is 9.91. The van der Waals surface area contributed by atoms with Gasteiger partial charge in [0, 0.05) is 6.04 Å². The second-order valence-electron chi connectivity index (χ2n) is 3.63. The third kappa shape index (κ3) is 2.46. The molecule has 1 heterocycles. The van der Waals surface area contributed by atoms with E-state index in [1.54, 1.807) is 0 Å². The molecule has 0 aromatic rings.